The van der Waals surface area contributed by atoms with Crippen molar-refractivity contribution in [3.05, 3.63) is 64.6 Å². The van der Waals surface area contributed by atoms with E-state index in [9.17, 15) is 14.4 Å². The minimum Gasteiger partial charge on any atom is -0.380 e. The second-order valence-corrected chi connectivity index (χ2v) is 7.56. The van der Waals surface area contributed by atoms with Crippen molar-refractivity contribution >= 4 is 17.5 Å². The van der Waals surface area contributed by atoms with E-state index in [2.05, 4.69) is 12.2 Å². The molecule has 154 valence electrons. The summed E-state index contributed by atoms with van der Waals surface area (Å²) in [5.74, 6) is -0.268. The lowest BCUT2D eigenvalue weighted by Crippen LogP contribution is -2.50. The van der Waals surface area contributed by atoms with Gasteiger partial charge in [-0.25, -0.2) is 0 Å². The topological polar surface area (TPSA) is 97.4 Å². The van der Waals surface area contributed by atoms with Crippen LogP contribution in [0.15, 0.2) is 53.5 Å². The maximum Gasteiger partial charge on any atom is 0.255 e. The molecule has 1 aliphatic heterocycles. The van der Waals surface area contributed by atoms with Crippen molar-refractivity contribution in [2.24, 2.45) is 11.7 Å². The van der Waals surface area contributed by atoms with E-state index in [4.69, 9.17) is 5.73 Å². The van der Waals surface area contributed by atoms with Crippen molar-refractivity contribution < 1.29 is 9.59 Å². The van der Waals surface area contributed by atoms with Crippen molar-refractivity contribution in [1.82, 2.24) is 9.47 Å². The molecule has 0 unspecified atom stereocenters. The highest BCUT2D eigenvalue weighted by Crippen LogP contribution is 2.26. The molecule has 0 spiro atoms. The molecule has 3 N–H and O–H groups in total. The number of likely N-dealkylation sites (tertiary alicyclic amines) is 1. The number of hydrogen-bond acceptors (Lipinski definition) is 4. The molecule has 1 fully saturated rings. The van der Waals surface area contributed by atoms with E-state index in [0.717, 1.165) is 24.9 Å². The molecule has 1 aromatic heterocycles. The third-order valence-electron chi connectivity index (χ3n) is 5.39. The van der Waals surface area contributed by atoms with Crippen LogP contribution in [0.2, 0.25) is 0 Å². The van der Waals surface area contributed by atoms with Gasteiger partial charge in [-0.3, -0.25) is 14.4 Å². The minimum absolute atomic E-state index is 0.141. The van der Waals surface area contributed by atoms with Crippen LogP contribution in [0.3, 0.4) is 0 Å². The van der Waals surface area contributed by atoms with E-state index in [1.54, 1.807) is 0 Å². The predicted octanol–water partition coefficient (Wildman–Crippen LogP) is 2.08. The molecule has 2 amide bonds. The fourth-order valence-electron chi connectivity index (χ4n) is 3.95. The minimum atomic E-state index is -0.621. The number of nitrogens with two attached hydrogens (primary N) is 1. The van der Waals surface area contributed by atoms with E-state index in [1.165, 1.54) is 22.9 Å². The average molecular weight is 396 g/mol. The van der Waals surface area contributed by atoms with Gasteiger partial charge in [0, 0.05) is 37.1 Å². The normalized spacial score (nSPS) is 19.0. The Morgan fingerprint density at radius 2 is 1.93 bits per heavy atom. The van der Waals surface area contributed by atoms with E-state index in [0.29, 0.717) is 24.6 Å². The summed E-state index contributed by atoms with van der Waals surface area (Å²) < 4.78 is 1.18. The summed E-state index contributed by atoms with van der Waals surface area (Å²) >= 11 is 0. The SMILES string of the molecule is CCC[C@H]1CCN(C(=O)c2ccc(=O)n(CC(N)=O)c2)C[C@H]1Nc1ccccc1. The third-order valence-corrected chi connectivity index (χ3v) is 5.39. The number of amides is 2. The van der Waals surface area contributed by atoms with Gasteiger partial charge in [0.1, 0.15) is 6.54 Å². The molecule has 29 heavy (non-hydrogen) atoms. The quantitative estimate of drug-likeness (QED) is 0.749. The van der Waals surface area contributed by atoms with E-state index >= 15 is 0 Å². The van der Waals surface area contributed by atoms with Crippen LogP contribution in [-0.4, -0.2) is 40.4 Å². The van der Waals surface area contributed by atoms with Gasteiger partial charge in [-0.05, 0) is 37.0 Å². The average Bonchev–Trinajstić information content (AvgIpc) is 2.71. The van der Waals surface area contributed by atoms with Crippen LogP contribution in [0.5, 0.6) is 0 Å². The Labute approximate surface area is 170 Å². The number of nitrogens with one attached hydrogen (secondary N) is 1. The lowest BCUT2D eigenvalue weighted by atomic mass is 9.87. The number of para-hydroxylation sites is 1. The molecule has 1 aromatic carbocycles. The Morgan fingerprint density at radius 3 is 2.62 bits per heavy atom. The number of benzene rings is 1. The monoisotopic (exact) mass is 396 g/mol. The van der Waals surface area contributed by atoms with Gasteiger partial charge in [0.2, 0.25) is 5.91 Å². The highest BCUT2D eigenvalue weighted by Gasteiger charge is 2.31. The number of hydrogen-bond donors (Lipinski definition) is 2. The summed E-state index contributed by atoms with van der Waals surface area (Å²) in [6, 6.07) is 13.0. The highest BCUT2D eigenvalue weighted by atomic mass is 16.2. The zero-order chi connectivity index (χ0) is 20.8. The van der Waals surface area contributed by atoms with Crippen LogP contribution in [0, 0.1) is 5.92 Å². The van der Waals surface area contributed by atoms with Gasteiger partial charge in [0.25, 0.3) is 11.5 Å². The molecule has 3 rings (SSSR count). The summed E-state index contributed by atoms with van der Waals surface area (Å²) in [5, 5.41) is 3.59. The molecule has 2 heterocycles. The van der Waals surface area contributed by atoms with Crippen LogP contribution >= 0.6 is 0 Å². The summed E-state index contributed by atoms with van der Waals surface area (Å²) in [6.07, 6.45) is 4.55. The Bertz CT molecular complexity index is 910. The molecule has 7 nitrogen and oxygen atoms in total. The molecule has 0 saturated carbocycles. The van der Waals surface area contributed by atoms with Crippen molar-refractivity contribution in [2.45, 2.75) is 38.8 Å². The van der Waals surface area contributed by atoms with Crippen molar-refractivity contribution in [1.29, 1.82) is 0 Å². The van der Waals surface area contributed by atoms with Gasteiger partial charge in [-0.2, -0.15) is 0 Å². The summed E-state index contributed by atoms with van der Waals surface area (Å²) in [6.45, 7) is 3.20. The number of rotatable bonds is 7. The Balaban J connectivity index is 1.77. The zero-order valence-electron chi connectivity index (χ0n) is 16.7. The fraction of sp³-hybridized carbons (Fsp3) is 0.409. The second-order valence-electron chi connectivity index (χ2n) is 7.56. The van der Waals surface area contributed by atoms with Crippen molar-refractivity contribution in [3.63, 3.8) is 0 Å². The van der Waals surface area contributed by atoms with Crippen LogP contribution in [0.4, 0.5) is 5.69 Å². The molecule has 2 aromatic rings. The number of anilines is 1. The van der Waals surface area contributed by atoms with Crippen LogP contribution < -0.4 is 16.6 Å². The standard InChI is InChI=1S/C22H28N4O3/c1-2-6-16-11-12-25(14-19(16)24-18-7-4-3-5-8-18)22(29)17-9-10-21(28)26(13-17)15-20(23)27/h3-5,7-10,13,16,19,24H,2,6,11-12,14-15H2,1H3,(H2,23,27)/t16-,19+/m0/s1. The predicted molar refractivity (Wildman–Crippen MR) is 113 cm³/mol. The van der Waals surface area contributed by atoms with Crippen LogP contribution in [0.25, 0.3) is 0 Å². The number of nitrogens with zero attached hydrogens (tertiary/aromatic N) is 2. The molecule has 0 aliphatic carbocycles. The summed E-state index contributed by atoms with van der Waals surface area (Å²) in [4.78, 5) is 38.0. The number of carbonyl (C=O) groups excluding carboxylic acids is 2. The largest absolute Gasteiger partial charge is 0.380 e. The first-order valence-electron chi connectivity index (χ1n) is 10.1. The first-order chi connectivity index (χ1) is 14.0. The van der Waals surface area contributed by atoms with Gasteiger partial charge in [-0.1, -0.05) is 31.5 Å². The molecule has 2 atom stereocenters. The Hall–Kier alpha value is -3.09. The third kappa shape index (κ3) is 5.25. The molecule has 1 aliphatic rings. The Morgan fingerprint density at radius 1 is 1.17 bits per heavy atom. The highest BCUT2D eigenvalue weighted by molar-refractivity contribution is 5.94. The van der Waals surface area contributed by atoms with Gasteiger partial charge < -0.3 is 20.5 Å². The van der Waals surface area contributed by atoms with Gasteiger partial charge in [-0.15, -0.1) is 0 Å². The number of carbonyl (C=O) groups is 2. The molecular weight excluding hydrogens is 368 g/mol. The van der Waals surface area contributed by atoms with Gasteiger partial charge in [0.15, 0.2) is 0 Å². The molecule has 1 saturated heterocycles. The zero-order valence-corrected chi connectivity index (χ0v) is 16.7. The fourth-order valence-corrected chi connectivity index (χ4v) is 3.95. The molecular formula is C22H28N4O3. The van der Waals surface area contributed by atoms with Crippen molar-refractivity contribution in [2.75, 3.05) is 18.4 Å². The smallest absolute Gasteiger partial charge is 0.255 e. The summed E-state index contributed by atoms with van der Waals surface area (Å²) in [7, 11) is 0. The number of piperidine rings is 1. The number of aromatic nitrogens is 1. The van der Waals surface area contributed by atoms with Crippen LogP contribution in [0.1, 0.15) is 36.5 Å². The van der Waals surface area contributed by atoms with Gasteiger partial charge >= 0.3 is 0 Å². The summed E-state index contributed by atoms with van der Waals surface area (Å²) in [5.41, 5.74) is 6.27. The first-order valence-corrected chi connectivity index (χ1v) is 10.1. The van der Waals surface area contributed by atoms with Crippen molar-refractivity contribution in [3.8, 4) is 0 Å². The van der Waals surface area contributed by atoms with Gasteiger partial charge in [0.05, 0.1) is 5.56 Å². The molecule has 0 radical (unpaired) electrons. The van der Waals surface area contributed by atoms with E-state index in [1.807, 2.05) is 35.2 Å². The second kappa shape index (κ2) is 9.41. The maximum atomic E-state index is 13.1. The maximum absolute atomic E-state index is 13.1. The first kappa shape index (κ1) is 20.6. The van der Waals surface area contributed by atoms with E-state index < -0.39 is 5.91 Å². The lowest BCUT2D eigenvalue weighted by Gasteiger charge is -2.39. The molecule has 0 bridgehead atoms. The molecule has 7 heteroatoms. The lowest BCUT2D eigenvalue weighted by molar-refractivity contribution is -0.118. The van der Waals surface area contributed by atoms with E-state index in [-0.39, 0.29) is 24.1 Å². The number of pyridine rings is 1. The number of primary amides is 1. The van der Waals surface area contributed by atoms with Crippen LogP contribution in [-0.2, 0) is 11.3 Å². The Kier molecular flexibility index (Phi) is 6.69.